The molecule has 0 saturated heterocycles. The number of allylic oxidation sites excluding steroid dienone is 2. The summed E-state index contributed by atoms with van der Waals surface area (Å²) in [5.74, 6) is 0.0726. The fraction of sp³-hybridized carbons (Fsp3) is 0. The van der Waals surface area contributed by atoms with E-state index in [1.807, 2.05) is 18.2 Å². The van der Waals surface area contributed by atoms with Crippen LogP contribution in [0.25, 0.3) is 24.3 Å². The summed E-state index contributed by atoms with van der Waals surface area (Å²) < 4.78 is 0. The molecule has 1 nitrogen and oxygen atoms in total. The molecular formula is C13H8O. The second kappa shape index (κ2) is 2.55. The molecule has 0 atom stereocenters. The molecule has 0 fully saturated rings. The highest BCUT2D eigenvalue weighted by atomic mass is 16.1. The van der Waals surface area contributed by atoms with Crippen LogP contribution in [0.3, 0.4) is 0 Å². The Kier molecular flexibility index (Phi) is 1.37. The monoisotopic (exact) mass is 180 g/mol. The van der Waals surface area contributed by atoms with Crippen molar-refractivity contribution in [2.75, 3.05) is 0 Å². The van der Waals surface area contributed by atoms with Gasteiger partial charge in [0.15, 0.2) is 5.78 Å². The Morgan fingerprint density at radius 3 is 2.57 bits per heavy atom. The SMILES string of the molecule is O=C1C=Cc2c3c(ccc2=C1)=CC=C3. The van der Waals surface area contributed by atoms with E-state index in [2.05, 4.69) is 18.2 Å². The van der Waals surface area contributed by atoms with Crippen LogP contribution in [-0.4, -0.2) is 5.78 Å². The molecule has 2 aliphatic rings. The maximum Gasteiger partial charge on any atom is 0.179 e. The molecule has 0 bridgehead atoms. The Bertz CT molecular complexity index is 601. The second-order valence-corrected chi connectivity index (χ2v) is 3.48. The molecule has 0 spiro atoms. The van der Waals surface area contributed by atoms with Crippen LogP contribution in [0.5, 0.6) is 0 Å². The van der Waals surface area contributed by atoms with E-state index in [9.17, 15) is 4.79 Å². The molecule has 0 saturated carbocycles. The van der Waals surface area contributed by atoms with Gasteiger partial charge in [-0.25, -0.2) is 0 Å². The first-order valence-corrected chi connectivity index (χ1v) is 4.60. The topological polar surface area (TPSA) is 17.1 Å². The van der Waals surface area contributed by atoms with Gasteiger partial charge in [0.05, 0.1) is 0 Å². The van der Waals surface area contributed by atoms with Crippen LogP contribution in [-0.2, 0) is 4.79 Å². The van der Waals surface area contributed by atoms with Crippen molar-refractivity contribution in [1.82, 2.24) is 0 Å². The quantitative estimate of drug-likeness (QED) is 0.579. The van der Waals surface area contributed by atoms with Gasteiger partial charge in [-0.15, -0.1) is 0 Å². The van der Waals surface area contributed by atoms with Gasteiger partial charge in [0.2, 0.25) is 0 Å². The van der Waals surface area contributed by atoms with Crippen LogP contribution in [0.4, 0.5) is 0 Å². The number of ketones is 1. The van der Waals surface area contributed by atoms with E-state index < -0.39 is 0 Å². The number of rotatable bonds is 0. The molecular weight excluding hydrogens is 172 g/mol. The van der Waals surface area contributed by atoms with E-state index in [-0.39, 0.29) is 5.78 Å². The van der Waals surface area contributed by atoms with E-state index in [0.29, 0.717) is 0 Å². The smallest absolute Gasteiger partial charge is 0.179 e. The third kappa shape index (κ3) is 0.925. The zero-order valence-corrected chi connectivity index (χ0v) is 7.53. The standard InChI is InChI=1S/C13H8O/c14-11-6-7-13-10(8-11)5-4-9-2-1-3-12(9)13/h1-8H. The lowest BCUT2D eigenvalue weighted by atomic mass is 9.99. The molecule has 0 heterocycles. The highest BCUT2D eigenvalue weighted by molar-refractivity contribution is 6.17. The minimum absolute atomic E-state index is 0.0726. The molecule has 1 aromatic rings. The first-order valence-electron chi connectivity index (χ1n) is 4.60. The lowest BCUT2D eigenvalue weighted by Gasteiger charge is -2.04. The van der Waals surface area contributed by atoms with Crippen molar-refractivity contribution < 1.29 is 4.79 Å². The molecule has 1 aromatic carbocycles. The molecule has 14 heavy (non-hydrogen) atoms. The van der Waals surface area contributed by atoms with Gasteiger partial charge in [0, 0.05) is 0 Å². The Morgan fingerprint density at radius 1 is 0.857 bits per heavy atom. The summed E-state index contributed by atoms with van der Waals surface area (Å²) in [4.78, 5) is 11.2. The Hall–Kier alpha value is -1.89. The molecule has 0 unspecified atom stereocenters. The van der Waals surface area contributed by atoms with Crippen LogP contribution in [0.2, 0.25) is 0 Å². The van der Waals surface area contributed by atoms with Crippen molar-refractivity contribution in [3.8, 4) is 0 Å². The van der Waals surface area contributed by atoms with Crippen LogP contribution in [0.1, 0.15) is 11.1 Å². The summed E-state index contributed by atoms with van der Waals surface area (Å²) >= 11 is 0. The molecule has 0 aromatic heterocycles. The number of fused-ring (bicyclic) bond motifs is 3. The van der Waals surface area contributed by atoms with Crippen molar-refractivity contribution in [1.29, 1.82) is 0 Å². The predicted molar refractivity (Wildman–Crippen MR) is 57.7 cm³/mol. The lowest BCUT2D eigenvalue weighted by molar-refractivity contribution is -0.109. The fourth-order valence-electron chi connectivity index (χ4n) is 1.93. The molecule has 0 aliphatic heterocycles. The van der Waals surface area contributed by atoms with Crippen LogP contribution in [0, 0.1) is 0 Å². The third-order valence-electron chi connectivity index (χ3n) is 2.61. The Balaban J connectivity index is 2.48. The van der Waals surface area contributed by atoms with E-state index in [1.54, 1.807) is 12.2 Å². The number of hydrogen-bond acceptors (Lipinski definition) is 1. The van der Waals surface area contributed by atoms with E-state index in [0.717, 1.165) is 10.8 Å². The van der Waals surface area contributed by atoms with Crippen molar-refractivity contribution in [3.05, 3.63) is 45.8 Å². The van der Waals surface area contributed by atoms with E-state index in [4.69, 9.17) is 0 Å². The highest BCUT2D eigenvalue weighted by Gasteiger charge is 2.07. The summed E-state index contributed by atoms with van der Waals surface area (Å²) in [6.07, 6.45) is 11.4. The van der Waals surface area contributed by atoms with Crippen molar-refractivity contribution in [3.63, 3.8) is 0 Å². The second-order valence-electron chi connectivity index (χ2n) is 3.48. The zero-order chi connectivity index (χ0) is 9.54. The Morgan fingerprint density at radius 2 is 1.64 bits per heavy atom. The number of hydrogen-bond donors (Lipinski definition) is 0. The van der Waals surface area contributed by atoms with Gasteiger partial charge in [-0.2, -0.15) is 0 Å². The predicted octanol–water partition coefficient (Wildman–Crippen LogP) is 0.870. The number of carbonyl (C=O) groups excluding carboxylic acids is 1. The molecule has 66 valence electrons. The van der Waals surface area contributed by atoms with Gasteiger partial charge in [-0.3, -0.25) is 4.79 Å². The molecule has 0 amide bonds. The van der Waals surface area contributed by atoms with Crippen LogP contribution >= 0.6 is 0 Å². The van der Waals surface area contributed by atoms with Crippen LogP contribution in [0.15, 0.2) is 24.3 Å². The van der Waals surface area contributed by atoms with Crippen LogP contribution < -0.4 is 10.4 Å². The normalized spacial score (nSPS) is 15.9. The van der Waals surface area contributed by atoms with Crippen molar-refractivity contribution in [2.24, 2.45) is 0 Å². The first kappa shape index (κ1) is 7.51. The fourth-order valence-corrected chi connectivity index (χ4v) is 1.93. The summed E-state index contributed by atoms with van der Waals surface area (Å²) in [5.41, 5.74) is 2.38. The summed E-state index contributed by atoms with van der Waals surface area (Å²) in [5, 5.41) is 2.26. The maximum atomic E-state index is 11.2. The molecule has 1 heteroatoms. The Labute approximate surface area is 81.4 Å². The highest BCUT2D eigenvalue weighted by Crippen LogP contribution is 2.10. The van der Waals surface area contributed by atoms with Gasteiger partial charge in [0.1, 0.15) is 0 Å². The maximum absolute atomic E-state index is 11.2. The average Bonchev–Trinajstić information content (AvgIpc) is 2.65. The van der Waals surface area contributed by atoms with Crippen molar-refractivity contribution in [2.45, 2.75) is 0 Å². The van der Waals surface area contributed by atoms with E-state index >= 15 is 0 Å². The average molecular weight is 180 g/mol. The lowest BCUT2D eigenvalue weighted by Crippen LogP contribution is -2.19. The summed E-state index contributed by atoms with van der Waals surface area (Å²) in [7, 11) is 0. The largest absolute Gasteiger partial charge is 0.290 e. The minimum atomic E-state index is 0.0726. The van der Waals surface area contributed by atoms with Gasteiger partial charge in [-0.05, 0) is 39.8 Å². The van der Waals surface area contributed by atoms with Gasteiger partial charge >= 0.3 is 0 Å². The van der Waals surface area contributed by atoms with E-state index in [1.165, 1.54) is 10.8 Å². The minimum Gasteiger partial charge on any atom is -0.290 e. The molecule has 2 aliphatic carbocycles. The molecule has 3 rings (SSSR count). The van der Waals surface area contributed by atoms with Gasteiger partial charge in [-0.1, -0.05) is 30.4 Å². The third-order valence-corrected chi connectivity index (χ3v) is 2.61. The van der Waals surface area contributed by atoms with Gasteiger partial charge in [0.25, 0.3) is 0 Å². The molecule has 0 radical (unpaired) electrons. The summed E-state index contributed by atoms with van der Waals surface area (Å²) in [6, 6.07) is 4.05. The summed E-state index contributed by atoms with van der Waals surface area (Å²) in [6.45, 7) is 0. The van der Waals surface area contributed by atoms with Gasteiger partial charge < -0.3 is 0 Å². The first-order chi connectivity index (χ1) is 6.84. The number of benzene rings is 1. The van der Waals surface area contributed by atoms with Crippen molar-refractivity contribution >= 4 is 30.1 Å². The number of carbonyl (C=O) groups is 1. The molecule has 0 N–H and O–H groups in total. The zero-order valence-electron chi connectivity index (χ0n) is 7.53.